The van der Waals surface area contributed by atoms with Crippen molar-refractivity contribution >= 4 is 0 Å². The highest BCUT2D eigenvalue weighted by Gasteiger charge is 2.27. The minimum Gasteiger partial charge on any atom is -0.300 e. The second kappa shape index (κ2) is 5.87. The number of piperidine rings is 1. The lowest BCUT2D eigenvalue weighted by atomic mass is 9.95. The van der Waals surface area contributed by atoms with Crippen LogP contribution in [0.5, 0.6) is 0 Å². The molecule has 0 unspecified atom stereocenters. The number of likely N-dealkylation sites (tertiary alicyclic amines) is 1. The number of hydrogen-bond donors (Lipinski definition) is 0. The fourth-order valence-corrected chi connectivity index (χ4v) is 3.56. The SMILES string of the molecule is O=c1ccncn1CC1CCN(C2CCCC2)CC1. The van der Waals surface area contributed by atoms with Crippen LogP contribution >= 0.6 is 0 Å². The summed E-state index contributed by atoms with van der Waals surface area (Å²) in [4.78, 5) is 18.4. The van der Waals surface area contributed by atoms with Crippen LogP contribution in [0.2, 0.25) is 0 Å². The van der Waals surface area contributed by atoms with E-state index in [1.807, 2.05) is 0 Å². The van der Waals surface area contributed by atoms with E-state index in [2.05, 4.69) is 9.88 Å². The van der Waals surface area contributed by atoms with E-state index in [0.29, 0.717) is 5.92 Å². The topological polar surface area (TPSA) is 38.1 Å². The lowest BCUT2D eigenvalue weighted by Crippen LogP contribution is -2.41. The number of aromatic nitrogens is 2. The first-order valence-electron chi connectivity index (χ1n) is 7.57. The first kappa shape index (κ1) is 12.9. The van der Waals surface area contributed by atoms with E-state index in [9.17, 15) is 4.79 Å². The average Bonchev–Trinajstić information content (AvgIpc) is 2.96. The Bertz CT molecular complexity index is 456. The summed E-state index contributed by atoms with van der Waals surface area (Å²) >= 11 is 0. The zero-order chi connectivity index (χ0) is 13.1. The second-order valence-corrected chi connectivity index (χ2v) is 5.99. The molecule has 1 saturated heterocycles. The summed E-state index contributed by atoms with van der Waals surface area (Å²) in [6.45, 7) is 3.26. The van der Waals surface area contributed by atoms with Crippen LogP contribution in [0.25, 0.3) is 0 Å². The summed E-state index contributed by atoms with van der Waals surface area (Å²) in [5, 5.41) is 0. The van der Waals surface area contributed by atoms with Crippen molar-refractivity contribution in [3.63, 3.8) is 0 Å². The second-order valence-electron chi connectivity index (χ2n) is 5.99. The standard InChI is InChI=1S/C15H23N3O/c19-15-5-8-16-12-18(15)11-13-6-9-17(10-7-13)14-3-1-2-4-14/h5,8,12-14H,1-4,6-7,9-11H2. The van der Waals surface area contributed by atoms with E-state index in [1.165, 1.54) is 51.6 Å². The molecule has 1 aromatic rings. The smallest absolute Gasteiger partial charge is 0.253 e. The van der Waals surface area contributed by atoms with Crippen molar-refractivity contribution in [2.75, 3.05) is 13.1 Å². The molecule has 19 heavy (non-hydrogen) atoms. The Morgan fingerprint density at radius 1 is 1.16 bits per heavy atom. The molecule has 1 aliphatic carbocycles. The Hall–Kier alpha value is -1.16. The summed E-state index contributed by atoms with van der Waals surface area (Å²) in [7, 11) is 0. The number of rotatable bonds is 3. The zero-order valence-electron chi connectivity index (χ0n) is 11.5. The van der Waals surface area contributed by atoms with Crippen LogP contribution in [-0.4, -0.2) is 33.6 Å². The van der Waals surface area contributed by atoms with E-state index in [0.717, 1.165) is 12.6 Å². The molecule has 0 radical (unpaired) electrons. The summed E-state index contributed by atoms with van der Waals surface area (Å²) in [6.07, 6.45) is 11.3. The molecule has 1 aromatic heterocycles. The summed E-state index contributed by atoms with van der Waals surface area (Å²) in [5.41, 5.74) is 0.0771. The molecule has 4 heteroatoms. The molecule has 0 spiro atoms. The van der Waals surface area contributed by atoms with Crippen molar-refractivity contribution in [1.29, 1.82) is 0 Å². The fourth-order valence-electron chi connectivity index (χ4n) is 3.56. The van der Waals surface area contributed by atoms with Gasteiger partial charge in [0, 0.05) is 24.8 Å². The summed E-state index contributed by atoms with van der Waals surface area (Å²) < 4.78 is 1.76. The molecule has 2 fully saturated rings. The molecule has 0 aromatic carbocycles. The van der Waals surface area contributed by atoms with Gasteiger partial charge in [-0.25, -0.2) is 4.98 Å². The normalized spacial score (nSPS) is 22.9. The molecule has 0 bridgehead atoms. The van der Waals surface area contributed by atoms with Crippen molar-refractivity contribution in [3.05, 3.63) is 28.9 Å². The molecule has 2 heterocycles. The first-order valence-corrected chi connectivity index (χ1v) is 7.57. The van der Waals surface area contributed by atoms with Gasteiger partial charge in [-0.3, -0.25) is 9.36 Å². The van der Waals surface area contributed by atoms with Gasteiger partial charge in [-0.2, -0.15) is 0 Å². The molecular weight excluding hydrogens is 238 g/mol. The Morgan fingerprint density at radius 2 is 1.89 bits per heavy atom. The van der Waals surface area contributed by atoms with Crippen molar-refractivity contribution < 1.29 is 0 Å². The third-order valence-corrected chi connectivity index (χ3v) is 4.74. The van der Waals surface area contributed by atoms with Crippen molar-refractivity contribution in [1.82, 2.24) is 14.5 Å². The third-order valence-electron chi connectivity index (χ3n) is 4.74. The fraction of sp³-hybridized carbons (Fsp3) is 0.733. The first-order chi connectivity index (χ1) is 9.33. The minimum absolute atomic E-state index is 0.0771. The predicted octanol–water partition coefficient (Wildman–Crippen LogP) is 1.90. The monoisotopic (exact) mass is 261 g/mol. The zero-order valence-corrected chi connectivity index (χ0v) is 11.5. The quantitative estimate of drug-likeness (QED) is 0.834. The molecule has 1 aliphatic heterocycles. The molecule has 0 amide bonds. The van der Waals surface area contributed by atoms with E-state index in [4.69, 9.17) is 0 Å². The van der Waals surface area contributed by atoms with Crippen LogP contribution in [0.3, 0.4) is 0 Å². The molecule has 2 aliphatic rings. The number of nitrogens with zero attached hydrogens (tertiary/aromatic N) is 3. The highest BCUT2D eigenvalue weighted by atomic mass is 16.1. The van der Waals surface area contributed by atoms with Gasteiger partial charge < -0.3 is 4.90 Å². The van der Waals surface area contributed by atoms with E-state index in [-0.39, 0.29) is 5.56 Å². The van der Waals surface area contributed by atoms with E-state index >= 15 is 0 Å². The highest BCUT2D eigenvalue weighted by molar-refractivity contribution is 4.85. The Balaban J connectivity index is 1.53. The Labute approximate surface area is 114 Å². The van der Waals surface area contributed by atoms with Gasteiger partial charge in [-0.15, -0.1) is 0 Å². The third kappa shape index (κ3) is 3.06. The summed E-state index contributed by atoms with van der Waals surface area (Å²) in [5.74, 6) is 0.638. The van der Waals surface area contributed by atoms with Crippen LogP contribution in [0.1, 0.15) is 38.5 Å². The Kier molecular flexibility index (Phi) is 3.97. The molecule has 0 N–H and O–H groups in total. The predicted molar refractivity (Wildman–Crippen MR) is 75.1 cm³/mol. The van der Waals surface area contributed by atoms with Gasteiger partial charge in [-0.1, -0.05) is 12.8 Å². The van der Waals surface area contributed by atoms with Gasteiger partial charge in [0.2, 0.25) is 0 Å². The van der Waals surface area contributed by atoms with Gasteiger partial charge in [0.1, 0.15) is 0 Å². The molecule has 4 nitrogen and oxygen atoms in total. The molecule has 104 valence electrons. The van der Waals surface area contributed by atoms with Crippen molar-refractivity contribution in [2.24, 2.45) is 5.92 Å². The van der Waals surface area contributed by atoms with Gasteiger partial charge in [0.05, 0.1) is 6.33 Å². The van der Waals surface area contributed by atoms with Gasteiger partial charge >= 0.3 is 0 Å². The summed E-state index contributed by atoms with van der Waals surface area (Å²) in [6, 6.07) is 2.40. The van der Waals surface area contributed by atoms with Crippen LogP contribution in [0.4, 0.5) is 0 Å². The molecule has 3 rings (SSSR count). The van der Waals surface area contributed by atoms with Crippen LogP contribution < -0.4 is 5.56 Å². The van der Waals surface area contributed by atoms with Crippen LogP contribution in [0.15, 0.2) is 23.4 Å². The van der Waals surface area contributed by atoms with Crippen LogP contribution in [0, 0.1) is 5.92 Å². The van der Waals surface area contributed by atoms with Crippen molar-refractivity contribution in [2.45, 2.75) is 51.1 Å². The van der Waals surface area contributed by atoms with E-state index < -0.39 is 0 Å². The lowest BCUT2D eigenvalue weighted by Gasteiger charge is -2.36. The molecule has 1 saturated carbocycles. The molecular formula is C15H23N3O. The Morgan fingerprint density at radius 3 is 2.58 bits per heavy atom. The van der Waals surface area contributed by atoms with Crippen LogP contribution in [-0.2, 0) is 6.54 Å². The van der Waals surface area contributed by atoms with Gasteiger partial charge in [0.25, 0.3) is 5.56 Å². The maximum absolute atomic E-state index is 11.7. The lowest BCUT2D eigenvalue weighted by molar-refractivity contribution is 0.127. The maximum atomic E-state index is 11.7. The van der Waals surface area contributed by atoms with Crippen molar-refractivity contribution in [3.8, 4) is 0 Å². The van der Waals surface area contributed by atoms with Gasteiger partial charge in [-0.05, 0) is 44.7 Å². The highest BCUT2D eigenvalue weighted by Crippen LogP contribution is 2.28. The van der Waals surface area contributed by atoms with Gasteiger partial charge in [0.15, 0.2) is 0 Å². The average molecular weight is 261 g/mol. The maximum Gasteiger partial charge on any atom is 0.253 e. The minimum atomic E-state index is 0.0771. The largest absolute Gasteiger partial charge is 0.300 e. The molecule has 0 atom stereocenters. The number of hydrogen-bond acceptors (Lipinski definition) is 3. The van der Waals surface area contributed by atoms with E-state index in [1.54, 1.807) is 23.2 Å².